The number of likely N-dealkylation sites (tertiary alicyclic amines) is 3. The van der Waals surface area contributed by atoms with Gasteiger partial charge >= 0.3 is 17.7 Å². The van der Waals surface area contributed by atoms with Gasteiger partial charge < -0.3 is 58.9 Å². The van der Waals surface area contributed by atoms with Crippen molar-refractivity contribution >= 4 is 68.3 Å². The number of nitrogens with one attached hydrogen (secondary N) is 3. The molecule has 0 bridgehead atoms. The number of nitrogens with zero attached hydrogens (tertiary/aromatic N) is 15. The van der Waals surface area contributed by atoms with E-state index in [-0.39, 0.29) is 83.3 Å². The largest absolute Gasteiger partial charge is 0.354 e. The Kier molecular flexibility index (Phi) is 9.86. The van der Waals surface area contributed by atoms with E-state index in [0.717, 1.165) is 16.1 Å². The number of carbonyl (C=O) groups is 3. The van der Waals surface area contributed by atoms with Crippen LogP contribution in [-0.2, 0) is 14.4 Å². The van der Waals surface area contributed by atoms with Crippen molar-refractivity contribution in [1.82, 2.24) is 59.6 Å². The molecule has 3 N–H and O–H groups in total. The van der Waals surface area contributed by atoms with Gasteiger partial charge in [0.1, 0.15) is 53.4 Å². The molecule has 3 fully saturated rings. The van der Waals surface area contributed by atoms with Crippen LogP contribution >= 0.6 is 0 Å². The zero-order valence-electron chi connectivity index (χ0n) is 55.3. The molecule has 0 spiro atoms. The number of aromatic amines is 3. The van der Waals surface area contributed by atoms with Crippen molar-refractivity contribution in [3.8, 4) is 0 Å². The van der Waals surface area contributed by atoms with Crippen LogP contribution in [0.15, 0.2) is 55.8 Å². The zero-order chi connectivity index (χ0) is 64.5. The van der Waals surface area contributed by atoms with Crippen molar-refractivity contribution in [2.75, 3.05) is 94.6 Å². The first-order valence-electron chi connectivity index (χ1n) is 30.5. The molecule has 0 aliphatic carbocycles. The molecule has 3 aliphatic heterocycles. The standard InChI is InChI=1S/3C16H20N6O/c3*1-11-5-7-22(14(23)8-17-2)9-13(11)21(3)16-12-4-6-18-15(12)19-10-20-16/h3*4,6,10-11,13H,5,7-9H2,1,3H3,(H,18,19,20)/t3*11-,13+/m111/s1/i1D3,11D,13D;1D3,3D3,11D;1D3,3D3. The number of H-pyrrole nitrogens is 3. The Bertz CT molecular complexity index is 3590. The highest BCUT2D eigenvalue weighted by molar-refractivity contribution is 5.89. The van der Waals surface area contributed by atoms with Gasteiger partial charge in [-0.3, -0.25) is 14.4 Å². The number of piperidine rings is 3. The van der Waals surface area contributed by atoms with Crippen molar-refractivity contribution in [2.24, 2.45) is 17.7 Å². The van der Waals surface area contributed by atoms with Gasteiger partial charge in [-0.1, -0.05) is 20.6 Å². The minimum Gasteiger partial charge on any atom is -0.354 e. The molecule has 69 heavy (non-hydrogen) atoms. The third-order valence-electron chi connectivity index (χ3n) is 11.9. The van der Waals surface area contributed by atoms with E-state index in [2.05, 4.69) is 59.4 Å². The topological polar surface area (TPSA) is 208 Å². The highest BCUT2D eigenvalue weighted by Crippen LogP contribution is 2.31. The van der Waals surface area contributed by atoms with Crippen LogP contribution in [0.3, 0.4) is 0 Å². The lowest BCUT2D eigenvalue weighted by molar-refractivity contribution is -0.131. The third-order valence-corrected chi connectivity index (χ3v) is 11.9. The molecule has 3 amide bonds. The maximum atomic E-state index is 12.3. The van der Waals surface area contributed by atoms with Crippen LogP contribution in [0.5, 0.6) is 0 Å². The van der Waals surface area contributed by atoms with Crippen molar-refractivity contribution < 1.29 is 39.1 Å². The van der Waals surface area contributed by atoms with E-state index in [1.165, 1.54) is 39.3 Å². The van der Waals surface area contributed by atoms with E-state index in [0.29, 0.717) is 38.9 Å². The van der Waals surface area contributed by atoms with Gasteiger partial charge in [-0.15, -0.1) is 0 Å². The second-order valence-electron chi connectivity index (χ2n) is 16.0. The molecular formula is C48H60N18O3. The number of fused-ring (bicyclic) bond motifs is 3. The number of rotatable bonds is 9. The maximum Gasteiger partial charge on any atom is 0.302 e. The summed E-state index contributed by atoms with van der Waals surface area (Å²) in [5, 5.41) is 1.37. The second-order valence-corrected chi connectivity index (χ2v) is 16.0. The minimum atomic E-state index is -2.85. The molecule has 9 heterocycles. The van der Waals surface area contributed by atoms with Gasteiger partial charge in [0, 0.05) is 102 Å². The normalized spacial score (nSPS) is 29.1. The molecule has 9 rings (SSSR count). The van der Waals surface area contributed by atoms with Gasteiger partial charge in [0.05, 0.1) is 35.6 Å². The first-order valence-corrected chi connectivity index (χ1v) is 21.5. The third kappa shape index (κ3) is 11.0. The highest BCUT2D eigenvalue weighted by atomic mass is 16.2. The van der Waals surface area contributed by atoms with Crippen molar-refractivity contribution in [3.63, 3.8) is 0 Å². The SMILES string of the molecule is [2H]C([2H])([2H])N(c1ncnc2[nH]ccc12)[C@H]1CN(C(=O)C[N+]#[C-])CC[C@@]1([2H])C([2H])([2H])[2H].[2H]C([2H])([2H])[C@@H]1CCN(C(=O)C[N+]#[C-])C[C@@H]1N(c1ncnc2[nH]ccc12)C([2H])([2H])[2H].[2H]C([2H])([2H])[C@]1([2H])CCN(C(=O)C[N+]#[C-])C[C@]1([2H])N(C)c1ncnc2[nH]ccc12. The van der Waals surface area contributed by atoms with Gasteiger partial charge in [0.25, 0.3) is 19.6 Å². The summed E-state index contributed by atoms with van der Waals surface area (Å²) in [7, 11) is 1.50. The molecule has 3 aliphatic rings. The Morgan fingerprint density at radius 2 is 1.03 bits per heavy atom. The molecule has 3 saturated heterocycles. The van der Waals surface area contributed by atoms with Crippen LogP contribution in [-0.4, -0.2) is 175 Å². The molecule has 6 aromatic rings. The van der Waals surface area contributed by atoms with Crippen LogP contribution in [0, 0.1) is 37.4 Å². The molecular weight excluding hydrogens is 877 g/mol. The summed E-state index contributed by atoms with van der Waals surface area (Å²) in [6.45, 7) is 5.28. The van der Waals surface area contributed by atoms with E-state index < -0.39 is 94.6 Å². The Balaban J connectivity index is 0.000000187. The molecule has 360 valence electrons. The first-order chi connectivity index (χ1) is 40.5. The number of amides is 3. The minimum absolute atomic E-state index is 0.00799. The lowest BCUT2D eigenvalue weighted by Crippen LogP contribution is -2.53. The van der Waals surface area contributed by atoms with Gasteiger partial charge in [0.2, 0.25) is 0 Å². The lowest BCUT2D eigenvalue weighted by atomic mass is 9.92. The fraction of sp³-hybridized carbons (Fsp3) is 0.500. The smallest absolute Gasteiger partial charge is 0.302 e. The van der Waals surface area contributed by atoms with Crippen LogP contribution in [0.25, 0.3) is 47.6 Å². The Morgan fingerprint density at radius 3 is 1.48 bits per heavy atom. The van der Waals surface area contributed by atoms with E-state index in [9.17, 15) is 14.4 Å². The average molecular weight is 955 g/mol. The van der Waals surface area contributed by atoms with Crippen LogP contribution in [0.2, 0.25) is 0 Å². The van der Waals surface area contributed by atoms with E-state index in [4.69, 9.17) is 44.4 Å². The average Bonchev–Trinajstić information content (AvgIpc) is 0.995. The molecule has 0 radical (unpaired) electrons. The van der Waals surface area contributed by atoms with E-state index in [1.54, 1.807) is 36.8 Å². The Hall–Kier alpha value is -7.86. The summed E-state index contributed by atoms with van der Waals surface area (Å²) in [5.41, 5.74) is 1.29. The molecule has 0 unspecified atom stereocenters. The lowest BCUT2D eigenvalue weighted by Gasteiger charge is -2.41. The zero-order valence-corrected chi connectivity index (χ0v) is 37.3. The summed E-state index contributed by atoms with van der Waals surface area (Å²) in [5.74, 6) is -6.48. The van der Waals surface area contributed by atoms with Gasteiger partial charge in [-0.2, -0.15) is 0 Å². The van der Waals surface area contributed by atoms with Gasteiger partial charge in [-0.25, -0.2) is 49.6 Å². The predicted molar refractivity (Wildman–Crippen MR) is 264 cm³/mol. The van der Waals surface area contributed by atoms with Crippen molar-refractivity contribution in [2.45, 2.75) is 57.9 Å². The summed E-state index contributed by atoms with van der Waals surface area (Å²) in [6, 6.07) is 0.414. The number of carbonyl (C=O) groups excluding carboxylic acids is 3. The summed E-state index contributed by atoms with van der Waals surface area (Å²) in [4.78, 5) is 86.4. The molecule has 6 atom stereocenters. The molecule has 6 aromatic heterocycles. The van der Waals surface area contributed by atoms with E-state index in [1.807, 2.05) is 0 Å². The van der Waals surface area contributed by atoms with Crippen LogP contribution in [0.4, 0.5) is 17.5 Å². The molecule has 21 nitrogen and oxygen atoms in total. The fourth-order valence-electron chi connectivity index (χ4n) is 8.15. The Labute approximate surface area is 427 Å². The molecule has 0 saturated carbocycles. The van der Waals surface area contributed by atoms with Crippen molar-refractivity contribution in [3.05, 3.63) is 90.0 Å². The van der Waals surface area contributed by atoms with E-state index >= 15 is 0 Å². The highest BCUT2D eigenvalue weighted by Gasteiger charge is 2.36. The first kappa shape index (κ1) is 30.5. The van der Waals surface area contributed by atoms with Crippen molar-refractivity contribution in [1.29, 1.82) is 0 Å². The summed E-state index contributed by atoms with van der Waals surface area (Å²) >= 11 is 0. The van der Waals surface area contributed by atoms with Crippen LogP contribution < -0.4 is 14.7 Å². The second kappa shape index (κ2) is 22.3. The molecule has 21 heteroatoms. The van der Waals surface area contributed by atoms with Crippen LogP contribution in [0.1, 0.15) is 64.5 Å². The predicted octanol–water partition coefficient (Wildman–Crippen LogP) is 4.65. The van der Waals surface area contributed by atoms with Gasteiger partial charge in [0.15, 0.2) is 0 Å². The number of anilines is 3. The number of aromatic nitrogens is 9. The molecule has 0 aromatic carbocycles. The number of likely N-dealkylation sites (N-methyl/N-ethyl adjacent to an activating group) is 3. The maximum absolute atomic E-state index is 12.3. The Morgan fingerprint density at radius 1 is 0.609 bits per heavy atom. The van der Waals surface area contributed by atoms with Gasteiger partial charge in [-0.05, 0) is 55.2 Å². The number of hydrogen-bond acceptors (Lipinski definition) is 12. The summed E-state index contributed by atoms with van der Waals surface area (Å²) < 4.78 is 147. The monoisotopic (exact) mass is 955 g/mol. The summed E-state index contributed by atoms with van der Waals surface area (Å²) in [6.07, 6.45) is 8.05. The quantitative estimate of drug-likeness (QED) is 0.169. The fourth-order valence-corrected chi connectivity index (χ4v) is 8.15. The number of hydrogen-bond donors (Lipinski definition) is 3.